The standard InChI is InChI=1S/C51H71BN6O12S2Si/c1-12-35-22-33(2)29-56(35)48(60)39-25-43(66-9)45(27-41(39)55-52(7)62)68-21-15-13-14-20-67-44-26-40(54-49(61)69-32-51(18-19-51)72-71-46-17-16-36(28-53-46)58(63)64)38(24-42(44)65-8)47(59)57-30-34(3)23-37(57)31-70-73(10,11)50(4,5)6/h16-17,24-28,35,37,55,62H,2-3,12-15,18-23,29-32H2,1,4-11H3,(H,54,61)/t35-,37+/m1/s1. The summed E-state index contributed by atoms with van der Waals surface area (Å²) in [6, 6.07) is 9.26. The second-order valence-corrected chi connectivity index (χ2v) is 27.8. The Balaban J connectivity index is 1.12. The van der Waals surface area contributed by atoms with Gasteiger partial charge in [0.1, 0.15) is 17.8 Å². The van der Waals surface area contributed by atoms with Gasteiger partial charge in [0.15, 0.2) is 31.3 Å². The first-order valence-corrected chi connectivity index (χ1v) is 29.8. The van der Waals surface area contributed by atoms with Crippen molar-refractivity contribution in [2.45, 2.75) is 126 Å². The fourth-order valence-corrected chi connectivity index (χ4v) is 11.8. The molecule has 18 nitrogen and oxygen atoms in total. The zero-order valence-electron chi connectivity index (χ0n) is 43.6. The van der Waals surface area contributed by atoms with Crippen molar-refractivity contribution in [1.82, 2.24) is 14.8 Å². The Morgan fingerprint density at radius 3 is 1.97 bits per heavy atom. The number of nitrogens with one attached hydrogen (secondary N) is 2. The van der Waals surface area contributed by atoms with E-state index in [1.807, 2.05) is 11.8 Å². The summed E-state index contributed by atoms with van der Waals surface area (Å²) < 4.78 is 35.9. The number of aromatic nitrogens is 1. The van der Waals surface area contributed by atoms with Gasteiger partial charge >= 0.3 is 13.1 Å². The van der Waals surface area contributed by atoms with Crippen molar-refractivity contribution in [3.63, 3.8) is 0 Å². The summed E-state index contributed by atoms with van der Waals surface area (Å²) >= 11 is 0. The zero-order chi connectivity index (χ0) is 53.3. The lowest BCUT2D eigenvalue weighted by atomic mass is 9.87. The normalized spacial score (nSPS) is 17.3. The lowest BCUT2D eigenvalue weighted by Gasteiger charge is -2.38. The molecule has 3 aliphatic rings. The smallest absolute Gasteiger partial charge is 0.411 e. The van der Waals surface area contributed by atoms with Gasteiger partial charge in [0.05, 0.1) is 66.6 Å². The molecule has 2 atom stereocenters. The molecule has 3 heterocycles. The topological polar surface area (TPSA) is 213 Å². The van der Waals surface area contributed by atoms with Crippen molar-refractivity contribution < 1.29 is 52.4 Å². The number of benzene rings is 2. The van der Waals surface area contributed by atoms with Crippen LogP contribution in [0.3, 0.4) is 0 Å². The van der Waals surface area contributed by atoms with Crippen LogP contribution in [0.25, 0.3) is 0 Å². The molecule has 0 spiro atoms. The molecule has 1 aliphatic carbocycles. The van der Waals surface area contributed by atoms with Crippen LogP contribution in [-0.4, -0.2) is 129 Å². The number of carbonyl (C=O) groups excluding carboxylic acids is 3. The number of hydrogen-bond acceptors (Lipinski definition) is 16. The Hall–Kier alpha value is -5.42. The Kier molecular flexibility index (Phi) is 19.3. The second-order valence-electron chi connectivity index (χ2n) is 20.4. The van der Waals surface area contributed by atoms with E-state index in [2.05, 4.69) is 62.6 Å². The molecule has 1 aromatic heterocycles. The summed E-state index contributed by atoms with van der Waals surface area (Å²) in [5.41, 5.74) is 2.97. The van der Waals surface area contributed by atoms with E-state index in [0.29, 0.717) is 91.3 Å². The number of ether oxygens (including phenoxy) is 5. The molecule has 1 saturated carbocycles. The summed E-state index contributed by atoms with van der Waals surface area (Å²) in [7, 11) is 2.78. The van der Waals surface area contributed by atoms with E-state index in [-0.39, 0.29) is 63.8 Å². The average molecular weight is 1060 g/mol. The number of anilines is 2. The van der Waals surface area contributed by atoms with Gasteiger partial charge in [0.2, 0.25) is 0 Å². The van der Waals surface area contributed by atoms with Gasteiger partial charge in [0.25, 0.3) is 17.5 Å². The van der Waals surface area contributed by atoms with Crippen LogP contribution in [0.15, 0.2) is 71.9 Å². The minimum Gasteiger partial charge on any atom is -0.493 e. The van der Waals surface area contributed by atoms with Gasteiger partial charge in [0, 0.05) is 43.0 Å². The first-order valence-electron chi connectivity index (χ1n) is 24.7. The van der Waals surface area contributed by atoms with Crippen LogP contribution in [0.1, 0.15) is 99.8 Å². The molecule has 0 radical (unpaired) electrons. The molecular formula is C51H71BN6O12S2Si. The van der Waals surface area contributed by atoms with E-state index < -0.39 is 26.4 Å². The highest BCUT2D eigenvalue weighted by atomic mass is 33.1. The van der Waals surface area contributed by atoms with E-state index in [0.717, 1.165) is 36.8 Å². The largest absolute Gasteiger partial charge is 0.493 e. The van der Waals surface area contributed by atoms with Crippen molar-refractivity contribution >= 4 is 71.9 Å². The molecule has 2 aromatic carbocycles. The van der Waals surface area contributed by atoms with Gasteiger partial charge in [-0.05, 0) is 105 Å². The van der Waals surface area contributed by atoms with Gasteiger partial charge in [-0.15, -0.1) is 0 Å². The molecule has 3 aromatic rings. The Labute approximate surface area is 438 Å². The number of unbranched alkanes of at least 4 members (excludes halogenated alkanes) is 2. The predicted molar refractivity (Wildman–Crippen MR) is 290 cm³/mol. The maximum absolute atomic E-state index is 14.7. The van der Waals surface area contributed by atoms with Crippen molar-refractivity contribution in [1.29, 1.82) is 0 Å². The van der Waals surface area contributed by atoms with Crippen molar-refractivity contribution in [3.8, 4) is 23.0 Å². The minimum absolute atomic E-state index is 0.0282. The van der Waals surface area contributed by atoms with E-state index in [1.165, 1.54) is 48.1 Å². The van der Waals surface area contributed by atoms with Crippen molar-refractivity contribution in [2.75, 3.05) is 64.3 Å². The van der Waals surface area contributed by atoms with Crippen LogP contribution in [0.4, 0.5) is 21.9 Å². The third-order valence-electron chi connectivity index (χ3n) is 13.6. The fraction of sp³-hybridized carbons (Fsp3) is 0.529. The Morgan fingerprint density at radius 1 is 0.904 bits per heavy atom. The summed E-state index contributed by atoms with van der Waals surface area (Å²) in [6.07, 6.45) is 6.15. The maximum Gasteiger partial charge on any atom is 0.411 e. The van der Waals surface area contributed by atoms with E-state index in [4.69, 9.17) is 28.1 Å². The third-order valence-corrected chi connectivity index (χ3v) is 21.3. The molecular weight excluding hydrogens is 992 g/mol. The van der Waals surface area contributed by atoms with Crippen LogP contribution < -0.4 is 29.5 Å². The molecule has 0 unspecified atom stereocenters. The number of nitro groups is 1. The molecule has 73 heavy (non-hydrogen) atoms. The van der Waals surface area contributed by atoms with Crippen LogP contribution in [0, 0.1) is 10.1 Å². The lowest BCUT2D eigenvalue weighted by molar-refractivity contribution is -0.385. The minimum atomic E-state index is -2.15. The number of hydrogen-bond donors (Lipinski definition) is 3. The highest BCUT2D eigenvalue weighted by Crippen LogP contribution is 2.55. The molecule has 0 bridgehead atoms. The summed E-state index contributed by atoms with van der Waals surface area (Å²) in [5.74, 6) is 0.921. The number of rotatable bonds is 25. The second kappa shape index (κ2) is 24.7. The van der Waals surface area contributed by atoms with Crippen LogP contribution >= 0.6 is 21.6 Å². The first-order chi connectivity index (χ1) is 34.6. The van der Waals surface area contributed by atoms with Crippen LogP contribution in [0.5, 0.6) is 23.0 Å². The highest BCUT2D eigenvalue weighted by molar-refractivity contribution is 8.77. The van der Waals surface area contributed by atoms with Gasteiger partial charge in [-0.25, -0.2) is 9.78 Å². The zero-order valence-corrected chi connectivity index (χ0v) is 46.3. The first kappa shape index (κ1) is 56.9. The highest BCUT2D eigenvalue weighted by Gasteiger charge is 2.46. The van der Waals surface area contributed by atoms with Gasteiger partial charge in [-0.3, -0.25) is 25.0 Å². The number of amides is 3. The quantitative estimate of drug-likeness (QED) is 0.0180. The molecule has 3 N–H and O–H groups in total. The molecule has 6 rings (SSSR count). The summed E-state index contributed by atoms with van der Waals surface area (Å²) in [4.78, 5) is 60.5. The van der Waals surface area contributed by atoms with E-state index in [1.54, 1.807) is 42.1 Å². The SMILES string of the molecule is C=C1C[C@@H](CC)N(C(=O)c2cc(OC)c(OCCCCCOc3cc(NC(=O)OCC4(SSc5ccc([N+](=O)[O-])cn5)CC4)c(C(=O)N4CC(=C)C[C@H]4CO[Si](C)(C)C(C)(C)C)cc3OC)cc2NB(C)O)C1. The summed E-state index contributed by atoms with van der Waals surface area (Å²) in [5, 5.41) is 27.7. The maximum atomic E-state index is 14.7. The molecule has 396 valence electrons. The Bertz CT molecular complexity index is 2510. The molecule has 2 aliphatic heterocycles. The van der Waals surface area contributed by atoms with Gasteiger partial charge in [-0.1, -0.05) is 62.8 Å². The third kappa shape index (κ3) is 14.9. The van der Waals surface area contributed by atoms with Gasteiger partial charge in [-0.2, -0.15) is 0 Å². The Morgan fingerprint density at radius 2 is 1.47 bits per heavy atom. The predicted octanol–water partition coefficient (Wildman–Crippen LogP) is 10.7. The number of nitrogens with zero attached hydrogens (tertiary/aromatic N) is 4. The molecule has 22 heteroatoms. The number of carbonyl (C=O) groups is 3. The molecule has 3 fully saturated rings. The van der Waals surface area contributed by atoms with Crippen molar-refractivity contribution in [3.05, 3.63) is 88.1 Å². The molecule has 3 amide bonds. The number of methoxy groups -OCH3 is 2. The molecule has 2 saturated heterocycles. The number of pyridine rings is 1. The lowest BCUT2D eigenvalue weighted by Crippen LogP contribution is -2.46. The number of likely N-dealkylation sites (tertiary alicyclic amines) is 2. The van der Waals surface area contributed by atoms with Crippen molar-refractivity contribution in [2.24, 2.45) is 0 Å². The van der Waals surface area contributed by atoms with E-state index >= 15 is 0 Å². The van der Waals surface area contributed by atoms with Crippen LogP contribution in [0.2, 0.25) is 25.0 Å². The fourth-order valence-electron chi connectivity index (χ4n) is 8.18. The van der Waals surface area contributed by atoms with Gasteiger partial charge < -0.3 is 48.2 Å². The van der Waals surface area contributed by atoms with E-state index in [9.17, 15) is 29.5 Å². The summed E-state index contributed by atoms with van der Waals surface area (Å²) in [6.45, 7) is 24.6. The average Bonchev–Trinajstić information content (AvgIpc) is 3.87. The monoisotopic (exact) mass is 1060 g/mol. The van der Waals surface area contributed by atoms with Crippen LogP contribution in [-0.2, 0) is 9.16 Å².